The van der Waals surface area contributed by atoms with Crippen LogP contribution in [-0.4, -0.2) is 20.7 Å². The Morgan fingerprint density at radius 3 is 2.86 bits per heavy atom. The number of hydrogen-bond acceptors (Lipinski definition) is 2. The van der Waals surface area contributed by atoms with Crippen LogP contribution in [0.25, 0.3) is 21.9 Å². The van der Waals surface area contributed by atoms with Crippen LogP contribution in [0.3, 0.4) is 0 Å². The summed E-state index contributed by atoms with van der Waals surface area (Å²) in [6, 6.07) is 10.2. The van der Waals surface area contributed by atoms with Gasteiger partial charge in [-0.15, -0.1) is 23.2 Å². The predicted octanol–water partition coefficient (Wildman–Crippen LogP) is 4.80. The Balaban J connectivity index is 1.72. The number of aromatic nitrogens is 2. The zero-order valence-electron chi connectivity index (χ0n) is 11.6. The van der Waals surface area contributed by atoms with Gasteiger partial charge in [0.25, 0.3) is 0 Å². The molecule has 2 N–H and O–H groups in total. The van der Waals surface area contributed by atoms with E-state index in [-0.39, 0.29) is 10.8 Å². The number of allylic oxidation sites excluding steroid dienone is 3. The molecule has 2 unspecified atom stereocenters. The van der Waals surface area contributed by atoms with Crippen molar-refractivity contribution in [1.82, 2.24) is 9.97 Å². The monoisotopic (exact) mass is 329 g/mol. The van der Waals surface area contributed by atoms with Crippen molar-refractivity contribution >= 4 is 50.8 Å². The van der Waals surface area contributed by atoms with Crippen molar-refractivity contribution in [3.63, 3.8) is 0 Å². The van der Waals surface area contributed by atoms with Crippen molar-refractivity contribution in [1.29, 1.82) is 0 Å². The third-order valence-corrected chi connectivity index (χ3v) is 4.71. The molecule has 2 atom stereocenters. The molecule has 0 saturated carbocycles. The molecule has 2 aromatic heterocycles. The molecule has 22 heavy (non-hydrogen) atoms. The number of alkyl halides is 2. The Hall–Kier alpha value is -1.97. The Kier molecular flexibility index (Phi) is 3.32. The van der Waals surface area contributed by atoms with Gasteiger partial charge in [-0.2, -0.15) is 0 Å². The summed E-state index contributed by atoms with van der Waals surface area (Å²) in [5, 5.41) is 5.28. The molecule has 0 fully saturated rings. The summed E-state index contributed by atoms with van der Waals surface area (Å²) in [7, 11) is 0. The van der Waals surface area contributed by atoms with Crippen molar-refractivity contribution in [2.45, 2.75) is 10.8 Å². The summed E-state index contributed by atoms with van der Waals surface area (Å²) < 4.78 is 0. The maximum Gasteiger partial charge on any atom is 0.138 e. The van der Waals surface area contributed by atoms with Crippen LogP contribution in [0.2, 0.25) is 0 Å². The highest BCUT2D eigenvalue weighted by Gasteiger charge is 2.16. The first kappa shape index (κ1) is 13.7. The third kappa shape index (κ3) is 2.36. The van der Waals surface area contributed by atoms with Gasteiger partial charge in [-0.3, -0.25) is 0 Å². The maximum atomic E-state index is 6.17. The van der Waals surface area contributed by atoms with Crippen molar-refractivity contribution in [2.24, 2.45) is 0 Å². The van der Waals surface area contributed by atoms with E-state index in [1.165, 1.54) is 0 Å². The maximum absolute atomic E-state index is 6.17. The number of halogens is 2. The molecule has 5 heteroatoms. The molecule has 0 bridgehead atoms. The van der Waals surface area contributed by atoms with E-state index in [4.69, 9.17) is 23.2 Å². The summed E-state index contributed by atoms with van der Waals surface area (Å²) >= 11 is 12.2. The van der Waals surface area contributed by atoms with E-state index >= 15 is 0 Å². The average Bonchev–Trinajstić information content (AvgIpc) is 2.89. The minimum atomic E-state index is -0.199. The van der Waals surface area contributed by atoms with Crippen LogP contribution in [0.5, 0.6) is 0 Å². The lowest BCUT2D eigenvalue weighted by Crippen LogP contribution is -2.15. The summed E-state index contributed by atoms with van der Waals surface area (Å²) in [5.41, 5.74) is 3.93. The number of rotatable bonds is 2. The molecule has 1 aromatic carbocycles. The number of fused-ring (bicyclic) bond motifs is 3. The van der Waals surface area contributed by atoms with E-state index in [0.29, 0.717) is 0 Å². The molecule has 0 amide bonds. The van der Waals surface area contributed by atoms with Crippen LogP contribution in [0.1, 0.15) is 0 Å². The van der Waals surface area contributed by atoms with Crippen LogP contribution in [0, 0.1) is 0 Å². The molecule has 0 aliphatic heterocycles. The first-order chi connectivity index (χ1) is 10.7. The molecule has 4 rings (SSSR count). The van der Waals surface area contributed by atoms with Crippen molar-refractivity contribution in [3.8, 4) is 0 Å². The summed E-state index contributed by atoms with van der Waals surface area (Å²) in [6.45, 7) is 0. The lowest BCUT2D eigenvalue weighted by Gasteiger charge is -2.17. The Morgan fingerprint density at radius 1 is 1.09 bits per heavy atom. The molecule has 0 saturated heterocycles. The number of H-pyrrole nitrogens is 1. The normalized spacial score (nSPS) is 21.3. The van der Waals surface area contributed by atoms with Crippen molar-refractivity contribution < 1.29 is 0 Å². The average molecular weight is 330 g/mol. The second-order valence-corrected chi connectivity index (χ2v) is 6.29. The highest BCUT2D eigenvalue weighted by molar-refractivity contribution is 6.32. The largest absolute Gasteiger partial charge is 0.356 e. The number of nitrogens with zero attached hydrogens (tertiary/aromatic N) is 1. The number of pyridine rings is 1. The third-order valence-electron chi connectivity index (χ3n) is 3.76. The van der Waals surface area contributed by atoms with Gasteiger partial charge < -0.3 is 10.3 Å². The van der Waals surface area contributed by atoms with Gasteiger partial charge in [0.15, 0.2) is 0 Å². The van der Waals surface area contributed by atoms with Crippen molar-refractivity contribution in [3.05, 3.63) is 60.5 Å². The fourth-order valence-corrected chi connectivity index (χ4v) is 3.04. The first-order valence-electron chi connectivity index (χ1n) is 7.02. The summed E-state index contributed by atoms with van der Waals surface area (Å²) in [6.07, 6.45) is 7.57. The van der Waals surface area contributed by atoms with E-state index in [1.807, 2.05) is 30.4 Å². The standard InChI is InChI=1S/C17H13Cl2N3/c18-14-5-3-11(9-15(14)19)21-10-4-6-16-13(8-10)12-2-1-7-20-17(12)22-16/h1-9,14-15,21H,(H,20,22). The minimum absolute atomic E-state index is 0.158. The van der Waals surface area contributed by atoms with E-state index in [1.54, 1.807) is 6.20 Å². The molecular weight excluding hydrogens is 317 g/mol. The number of hydrogen-bond donors (Lipinski definition) is 2. The van der Waals surface area contributed by atoms with E-state index < -0.39 is 0 Å². The number of benzene rings is 1. The van der Waals surface area contributed by atoms with Gasteiger partial charge in [0.2, 0.25) is 0 Å². The minimum Gasteiger partial charge on any atom is -0.356 e. The molecule has 0 spiro atoms. The Labute approximate surface area is 137 Å². The molecule has 0 radical (unpaired) electrons. The van der Waals surface area contributed by atoms with Gasteiger partial charge in [0.1, 0.15) is 5.65 Å². The molecule has 3 nitrogen and oxygen atoms in total. The number of nitrogens with one attached hydrogen (secondary N) is 2. The molecule has 3 aromatic rings. The van der Waals surface area contributed by atoms with Gasteiger partial charge in [0, 0.05) is 33.9 Å². The van der Waals surface area contributed by atoms with Crippen LogP contribution in [0.4, 0.5) is 5.69 Å². The smallest absolute Gasteiger partial charge is 0.138 e. The molecule has 1 aliphatic carbocycles. The quantitative estimate of drug-likeness (QED) is 0.663. The number of anilines is 1. The van der Waals surface area contributed by atoms with Crippen molar-refractivity contribution in [2.75, 3.05) is 5.32 Å². The number of aromatic amines is 1. The lowest BCUT2D eigenvalue weighted by molar-refractivity contribution is 1.03. The molecule has 1 aliphatic rings. The highest BCUT2D eigenvalue weighted by Crippen LogP contribution is 2.28. The molecular formula is C17H13Cl2N3. The summed E-state index contributed by atoms with van der Waals surface area (Å²) in [5.74, 6) is 0. The van der Waals surface area contributed by atoms with Gasteiger partial charge in [0.05, 0.1) is 10.8 Å². The van der Waals surface area contributed by atoms with Gasteiger partial charge in [-0.05, 0) is 42.5 Å². The first-order valence-corrected chi connectivity index (χ1v) is 7.90. The second-order valence-electron chi connectivity index (χ2n) is 5.28. The Bertz CT molecular complexity index is 911. The van der Waals surface area contributed by atoms with Crippen LogP contribution >= 0.6 is 23.2 Å². The summed E-state index contributed by atoms with van der Waals surface area (Å²) in [4.78, 5) is 7.67. The fourth-order valence-electron chi connectivity index (χ4n) is 2.67. The SMILES string of the molecule is ClC1C=CC(Nc2ccc3[nH]c4ncccc4c3c2)=CC1Cl. The predicted molar refractivity (Wildman–Crippen MR) is 93.7 cm³/mol. The topological polar surface area (TPSA) is 40.7 Å². The zero-order valence-corrected chi connectivity index (χ0v) is 13.1. The molecule has 2 heterocycles. The Morgan fingerprint density at radius 2 is 2.00 bits per heavy atom. The van der Waals surface area contributed by atoms with E-state index in [9.17, 15) is 0 Å². The highest BCUT2D eigenvalue weighted by atomic mass is 35.5. The van der Waals surface area contributed by atoms with Gasteiger partial charge in [-0.1, -0.05) is 6.08 Å². The second kappa shape index (κ2) is 5.34. The zero-order chi connectivity index (χ0) is 15.1. The lowest BCUT2D eigenvalue weighted by atomic mass is 10.1. The van der Waals surface area contributed by atoms with Crippen LogP contribution in [-0.2, 0) is 0 Å². The van der Waals surface area contributed by atoms with Crippen LogP contribution < -0.4 is 5.32 Å². The van der Waals surface area contributed by atoms with Crippen LogP contribution in [0.15, 0.2) is 60.5 Å². The van der Waals surface area contributed by atoms with E-state index in [0.717, 1.165) is 33.3 Å². The fraction of sp³-hybridized carbons (Fsp3) is 0.118. The molecule has 110 valence electrons. The van der Waals surface area contributed by atoms with Gasteiger partial charge >= 0.3 is 0 Å². The van der Waals surface area contributed by atoms with E-state index in [2.05, 4.69) is 33.5 Å². The van der Waals surface area contributed by atoms with Gasteiger partial charge in [-0.25, -0.2) is 4.98 Å².